The van der Waals surface area contributed by atoms with Gasteiger partial charge in [0.25, 0.3) is 0 Å². The van der Waals surface area contributed by atoms with E-state index in [4.69, 9.17) is 11.6 Å². The predicted molar refractivity (Wildman–Crippen MR) is 113 cm³/mol. The first-order valence-electron chi connectivity index (χ1n) is 8.68. The Morgan fingerprint density at radius 1 is 1.00 bits per heavy atom. The molecule has 0 radical (unpaired) electrons. The number of urea groups is 1. The standard InChI is InChI=1S/C20H19ClN4O2S/c21-17-9-5-4-6-14(17)12-22-18(26)11-10-16-13-28-20(24-16)25-19(27)23-15-7-2-1-3-8-15/h1-9,13H,10-12H2,(H,22,26)(H2,23,24,25,27). The summed E-state index contributed by atoms with van der Waals surface area (Å²) in [6, 6.07) is 16.2. The SMILES string of the molecule is O=C(CCc1csc(NC(=O)Nc2ccccc2)n1)NCc1ccccc1Cl. The van der Waals surface area contributed by atoms with Crippen LogP contribution in [-0.2, 0) is 17.8 Å². The topological polar surface area (TPSA) is 83.1 Å². The molecule has 28 heavy (non-hydrogen) atoms. The van der Waals surface area contributed by atoms with Gasteiger partial charge in [0.2, 0.25) is 5.91 Å². The summed E-state index contributed by atoms with van der Waals surface area (Å²) < 4.78 is 0. The smallest absolute Gasteiger partial charge is 0.325 e. The zero-order valence-corrected chi connectivity index (χ0v) is 16.5. The molecule has 0 unspecified atom stereocenters. The molecule has 0 saturated heterocycles. The van der Waals surface area contributed by atoms with Gasteiger partial charge >= 0.3 is 6.03 Å². The van der Waals surface area contributed by atoms with Gasteiger partial charge in [0, 0.05) is 29.1 Å². The van der Waals surface area contributed by atoms with Gasteiger partial charge < -0.3 is 10.6 Å². The van der Waals surface area contributed by atoms with Gasteiger partial charge in [0.05, 0.1) is 5.69 Å². The van der Waals surface area contributed by atoms with Crippen LogP contribution in [0.5, 0.6) is 0 Å². The number of rotatable bonds is 7. The van der Waals surface area contributed by atoms with Crippen LogP contribution in [0.15, 0.2) is 60.0 Å². The van der Waals surface area contributed by atoms with Crippen LogP contribution in [-0.4, -0.2) is 16.9 Å². The first kappa shape index (κ1) is 19.9. The number of aryl methyl sites for hydroxylation is 1. The first-order valence-corrected chi connectivity index (χ1v) is 9.93. The summed E-state index contributed by atoms with van der Waals surface area (Å²) >= 11 is 7.40. The van der Waals surface area contributed by atoms with Crippen molar-refractivity contribution in [2.24, 2.45) is 0 Å². The molecule has 8 heteroatoms. The van der Waals surface area contributed by atoms with Gasteiger partial charge in [-0.2, -0.15) is 0 Å². The Hall–Kier alpha value is -2.90. The lowest BCUT2D eigenvalue weighted by Crippen LogP contribution is -2.23. The Morgan fingerprint density at radius 2 is 1.75 bits per heavy atom. The Labute approximate surface area is 172 Å². The van der Waals surface area contributed by atoms with E-state index < -0.39 is 0 Å². The Balaban J connectivity index is 1.42. The highest BCUT2D eigenvalue weighted by atomic mass is 35.5. The lowest BCUT2D eigenvalue weighted by molar-refractivity contribution is -0.121. The average Bonchev–Trinajstić information content (AvgIpc) is 3.13. The third kappa shape index (κ3) is 6.07. The maximum atomic E-state index is 12.0. The molecule has 3 rings (SSSR count). The second-order valence-corrected chi connectivity index (χ2v) is 7.22. The number of halogens is 1. The average molecular weight is 415 g/mol. The fraction of sp³-hybridized carbons (Fsp3) is 0.150. The van der Waals surface area contributed by atoms with Crippen LogP contribution in [0, 0.1) is 0 Å². The summed E-state index contributed by atoms with van der Waals surface area (Å²) in [7, 11) is 0. The molecular weight excluding hydrogens is 396 g/mol. The molecule has 0 aliphatic rings. The highest BCUT2D eigenvalue weighted by Gasteiger charge is 2.09. The second-order valence-electron chi connectivity index (χ2n) is 5.96. The fourth-order valence-electron chi connectivity index (χ4n) is 2.43. The number of hydrogen-bond donors (Lipinski definition) is 3. The molecule has 3 N–H and O–H groups in total. The van der Waals surface area contributed by atoms with Gasteiger partial charge in [0.15, 0.2) is 5.13 Å². The van der Waals surface area contributed by atoms with Crippen molar-refractivity contribution in [2.45, 2.75) is 19.4 Å². The third-order valence-electron chi connectivity index (χ3n) is 3.85. The summed E-state index contributed by atoms with van der Waals surface area (Å²) in [6.45, 7) is 0.391. The molecule has 6 nitrogen and oxygen atoms in total. The number of thiazole rings is 1. The number of amides is 3. The Morgan fingerprint density at radius 3 is 2.54 bits per heavy atom. The highest BCUT2D eigenvalue weighted by Crippen LogP contribution is 2.18. The number of hydrogen-bond acceptors (Lipinski definition) is 4. The van der Waals surface area contributed by atoms with Crippen LogP contribution in [0.3, 0.4) is 0 Å². The first-order chi connectivity index (χ1) is 13.6. The Bertz CT molecular complexity index is 946. The minimum absolute atomic E-state index is 0.0794. The van der Waals surface area contributed by atoms with Crippen molar-refractivity contribution in [3.8, 4) is 0 Å². The van der Waals surface area contributed by atoms with Gasteiger partial charge in [-0.15, -0.1) is 11.3 Å². The maximum Gasteiger partial charge on any atom is 0.325 e. The molecule has 3 amide bonds. The molecule has 0 atom stereocenters. The van der Waals surface area contributed by atoms with E-state index in [-0.39, 0.29) is 11.9 Å². The number of carbonyl (C=O) groups excluding carboxylic acids is 2. The summed E-state index contributed by atoms with van der Waals surface area (Å²) in [5, 5.41) is 11.2. The lowest BCUT2D eigenvalue weighted by Gasteiger charge is -2.06. The van der Waals surface area contributed by atoms with E-state index >= 15 is 0 Å². The second kappa shape index (κ2) is 9.87. The van der Waals surface area contributed by atoms with Crippen molar-refractivity contribution in [3.05, 3.63) is 76.3 Å². The van der Waals surface area contributed by atoms with E-state index in [2.05, 4.69) is 20.9 Å². The zero-order valence-electron chi connectivity index (χ0n) is 14.9. The number of anilines is 2. The number of carbonyl (C=O) groups is 2. The van der Waals surface area contributed by atoms with Crippen LogP contribution in [0.1, 0.15) is 17.7 Å². The van der Waals surface area contributed by atoms with Crippen molar-refractivity contribution >= 4 is 45.7 Å². The molecule has 1 heterocycles. The predicted octanol–water partition coefficient (Wildman–Crippen LogP) is 4.69. The molecule has 0 fully saturated rings. The zero-order chi connectivity index (χ0) is 19.8. The normalized spacial score (nSPS) is 10.3. The summed E-state index contributed by atoms with van der Waals surface area (Å²) in [5.74, 6) is -0.0794. The molecule has 0 bridgehead atoms. The summed E-state index contributed by atoms with van der Waals surface area (Å²) in [5.41, 5.74) is 2.34. The van der Waals surface area contributed by atoms with Crippen LogP contribution in [0.25, 0.3) is 0 Å². The van der Waals surface area contributed by atoms with Gasteiger partial charge in [-0.05, 0) is 30.2 Å². The number of nitrogens with one attached hydrogen (secondary N) is 3. The molecule has 0 aliphatic carbocycles. The monoisotopic (exact) mass is 414 g/mol. The van der Waals surface area contributed by atoms with E-state index in [1.54, 1.807) is 18.2 Å². The van der Waals surface area contributed by atoms with Crippen molar-refractivity contribution < 1.29 is 9.59 Å². The number of para-hydroxylation sites is 1. The maximum absolute atomic E-state index is 12.0. The van der Waals surface area contributed by atoms with Crippen LogP contribution in [0.2, 0.25) is 5.02 Å². The van der Waals surface area contributed by atoms with E-state index in [0.717, 1.165) is 11.3 Å². The molecule has 1 aromatic heterocycles. The lowest BCUT2D eigenvalue weighted by atomic mass is 10.2. The minimum atomic E-state index is -0.357. The summed E-state index contributed by atoms with van der Waals surface area (Å²) in [6.07, 6.45) is 0.802. The van der Waals surface area contributed by atoms with E-state index in [9.17, 15) is 9.59 Å². The largest absolute Gasteiger partial charge is 0.352 e. The van der Waals surface area contributed by atoms with E-state index in [1.807, 2.05) is 41.8 Å². The van der Waals surface area contributed by atoms with Gasteiger partial charge in [-0.25, -0.2) is 9.78 Å². The molecule has 0 spiro atoms. The fourth-order valence-corrected chi connectivity index (χ4v) is 3.37. The number of aromatic nitrogens is 1. The molecule has 0 aliphatic heterocycles. The van der Waals surface area contributed by atoms with E-state index in [1.165, 1.54) is 11.3 Å². The Kier molecular flexibility index (Phi) is 7.00. The minimum Gasteiger partial charge on any atom is -0.352 e. The molecule has 3 aromatic rings. The van der Waals surface area contributed by atoms with Crippen molar-refractivity contribution in [1.29, 1.82) is 0 Å². The highest BCUT2D eigenvalue weighted by molar-refractivity contribution is 7.13. The van der Waals surface area contributed by atoms with Crippen molar-refractivity contribution in [2.75, 3.05) is 10.6 Å². The van der Waals surface area contributed by atoms with Crippen molar-refractivity contribution in [1.82, 2.24) is 10.3 Å². The summed E-state index contributed by atoms with van der Waals surface area (Å²) in [4.78, 5) is 28.3. The number of nitrogens with zero attached hydrogens (tertiary/aromatic N) is 1. The third-order valence-corrected chi connectivity index (χ3v) is 5.02. The van der Waals surface area contributed by atoms with E-state index in [0.29, 0.717) is 35.2 Å². The van der Waals surface area contributed by atoms with Gasteiger partial charge in [0.1, 0.15) is 0 Å². The number of benzene rings is 2. The van der Waals surface area contributed by atoms with Gasteiger partial charge in [-0.1, -0.05) is 48.0 Å². The molecule has 2 aromatic carbocycles. The van der Waals surface area contributed by atoms with Crippen molar-refractivity contribution in [3.63, 3.8) is 0 Å². The van der Waals surface area contributed by atoms with Crippen LogP contribution < -0.4 is 16.0 Å². The van der Waals surface area contributed by atoms with Crippen LogP contribution in [0.4, 0.5) is 15.6 Å². The van der Waals surface area contributed by atoms with Crippen LogP contribution >= 0.6 is 22.9 Å². The molecule has 144 valence electrons. The molecule has 0 saturated carbocycles. The quantitative estimate of drug-likeness (QED) is 0.524. The van der Waals surface area contributed by atoms with Gasteiger partial charge in [-0.3, -0.25) is 10.1 Å². The molecular formula is C20H19ClN4O2S.